The summed E-state index contributed by atoms with van der Waals surface area (Å²) in [6.45, 7) is 0.0443. The first-order valence-electron chi connectivity index (χ1n) is 5.42. The zero-order valence-electron chi connectivity index (χ0n) is 9.99. The summed E-state index contributed by atoms with van der Waals surface area (Å²) in [6, 6.07) is 7.31. The van der Waals surface area contributed by atoms with Gasteiger partial charge in [0.1, 0.15) is 5.82 Å². The number of carbonyl (C=O) groups excluding carboxylic acids is 1. The zero-order chi connectivity index (χ0) is 14.0. The molecule has 100 valence electrons. The van der Waals surface area contributed by atoms with E-state index in [9.17, 15) is 9.18 Å². The number of hydrogen-bond acceptors (Lipinski definition) is 2. The van der Waals surface area contributed by atoms with E-state index < -0.39 is 11.7 Å². The van der Waals surface area contributed by atoms with Crippen molar-refractivity contribution >= 4 is 29.1 Å². The summed E-state index contributed by atoms with van der Waals surface area (Å²) in [6.07, 6.45) is 0. The van der Waals surface area contributed by atoms with Gasteiger partial charge in [-0.3, -0.25) is 4.79 Å². The van der Waals surface area contributed by atoms with Crippen molar-refractivity contribution in [2.24, 2.45) is 0 Å². The molecular formula is C13H10Cl2FNO2. The van der Waals surface area contributed by atoms with Gasteiger partial charge in [-0.2, -0.15) is 0 Å². The quantitative estimate of drug-likeness (QED) is 0.858. The van der Waals surface area contributed by atoms with Crippen molar-refractivity contribution in [3.05, 3.63) is 57.7 Å². The molecule has 0 fully saturated rings. The maximum atomic E-state index is 13.6. The van der Waals surface area contributed by atoms with Crippen LogP contribution < -0.4 is 0 Å². The van der Waals surface area contributed by atoms with E-state index in [0.29, 0.717) is 0 Å². The monoisotopic (exact) mass is 301 g/mol. The second kappa shape index (κ2) is 5.63. The predicted molar refractivity (Wildman–Crippen MR) is 70.9 cm³/mol. The number of hydrogen-bond donors (Lipinski definition) is 0. The average molecular weight is 302 g/mol. The zero-order valence-corrected chi connectivity index (χ0v) is 11.5. The molecule has 0 radical (unpaired) electrons. The Labute approximate surface area is 119 Å². The summed E-state index contributed by atoms with van der Waals surface area (Å²) in [5.41, 5.74) is 0.262. The maximum absolute atomic E-state index is 13.6. The second-order valence-corrected chi connectivity index (χ2v) is 4.74. The molecule has 1 aromatic heterocycles. The van der Waals surface area contributed by atoms with Crippen LogP contribution in [0.3, 0.4) is 0 Å². The van der Waals surface area contributed by atoms with Crippen LogP contribution in [0.25, 0.3) is 0 Å². The Kier molecular flexibility index (Phi) is 4.12. The molecule has 0 saturated heterocycles. The Balaban J connectivity index is 2.17. The minimum atomic E-state index is -0.454. The highest BCUT2D eigenvalue weighted by Gasteiger charge is 2.18. The van der Waals surface area contributed by atoms with Crippen LogP contribution in [0, 0.1) is 5.82 Å². The lowest BCUT2D eigenvalue weighted by atomic mass is 10.2. The number of benzene rings is 1. The summed E-state index contributed by atoms with van der Waals surface area (Å²) in [5, 5.41) is 0.401. The van der Waals surface area contributed by atoms with Gasteiger partial charge in [-0.25, -0.2) is 4.39 Å². The topological polar surface area (TPSA) is 33.5 Å². The van der Waals surface area contributed by atoms with Crippen molar-refractivity contribution in [3.8, 4) is 0 Å². The molecule has 2 aromatic rings. The van der Waals surface area contributed by atoms with Crippen LogP contribution in [0.1, 0.15) is 16.1 Å². The summed E-state index contributed by atoms with van der Waals surface area (Å²) in [4.78, 5) is 13.3. The van der Waals surface area contributed by atoms with E-state index in [1.165, 1.54) is 36.2 Å². The Bertz CT molecular complexity index is 592. The van der Waals surface area contributed by atoms with Gasteiger partial charge in [0.25, 0.3) is 5.91 Å². The van der Waals surface area contributed by atoms with Crippen molar-refractivity contribution < 1.29 is 13.6 Å². The third-order valence-electron chi connectivity index (χ3n) is 2.59. The minimum absolute atomic E-state index is 0.0443. The number of amides is 1. The minimum Gasteiger partial charge on any atom is -0.440 e. The highest BCUT2D eigenvalue weighted by Crippen LogP contribution is 2.21. The van der Waals surface area contributed by atoms with Crippen molar-refractivity contribution in [2.45, 2.75) is 6.54 Å². The fraction of sp³-hybridized carbons (Fsp3) is 0.154. The Morgan fingerprint density at radius 3 is 2.63 bits per heavy atom. The molecule has 1 aromatic carbocycles. The SMILES string of the molecule is CN(Cc1c(F)cccc1Cl)C(=O)c1ccc(Cl)o1. The predicted octanol–water partition coefficient (Wildman–Crippen LogP) is 4.00. The van der Waals surface area contributed by atoms with Crippen LogP contribution in [-0.2, 0) is 6.54 Å². The van der Waals surface area contributed by atoms with Crippen LogP contribution in [0.5, 0.6) is 0 Å². The number of nitrogens with zero attached hydrogens (tertiary/aromatic N) is 1. The van der Waals surface area contributed by atoms with Crippen LogP contribution in [0.4, 0.5) is 4.39 Å². The second-order valence-electron chi connectivity index (χ2n) is 3.97. The Morgan fingerprint density at radius 2 is 2.05 bits per heavy atom. The van der Waals surface area contributed by atoms with Gasteiger partial charge in [0.15, 0.2) is 11.0 Å². The molecular weight excluding hydrogens is 292 g/mol. The van der Waals surface area contributed by atoms with Crippen molar-refractivity contribution in [3.63, 3.8) is 0 Å². The van der Waals surface area contributed by atoms with Crippen molar-refractivity contribution in [2.75, 3.05) is 7.05 Å². The maximum Gasteiger partial charge on any atom is 0.289 e. The van der Waals surface area contributed by atoms with Crippen LogP contribution >= 0.6 is 23.2 Å². The van der Waals surface area contributed by atoms with Gasteiger partial charge in [0.2, 0.25) is 0 Å². The van der Waals surface area contributed by atoms with Crippen molar-refractivity contribution in [1.29, 1.82) is 0 Å². The van der Waals surface area contributed by atoms with E-state index in [1.54, 1.807) is 6.07 Å². The van der Waals surface area contributed by atoms with E-state index in [1.807, 2.05) is 0 Å². The third-order valence-corrected chi connectivity index (χ3v) is 3.14. The molecule has 2 rings (SSSR count). The summed E-state index contributed by atoms with van der Waals surface area (Å²) in [7, 11) is 1.53. The number of halogens is 3. The molecule has 0 N–H and O–H groups in total. The summed E-state index contributed by atoms with van der Waals surface area (Å²) in [5.74, 6) is -0.754. The number of carbonyl (C=O) groups is 1. The van der Waals surface area contributed by atoms with Crippen LogP contribution in [0.2, 0.25) is 10.2 Å². The first-order chi connectivity index (χ1) is 8.99. The Morgan fingerprint density at radius 1 is 1.32 bits per heavy atom. The number of furan rings is 1. The van der Waals surface area contributed by atoms with Gasteiger partial charge < -0.3 is 9.32 Å². The van der Waals surface area contributed by atoms with E-state index >= 15 is 0 Å². The van der Waals surface area contributed by atoms with Gasteiger partial charge in [-0.15, -0.1) is 0 Å². The van der Waals surface area contributed by atoms with E-state index in [-0.39, 0.29) is 28.1 Å². The first kappa shape index (κ1) is 13.9. The summed E-state index contributed by atoms with van der Waals surface area (Å²) < 4.78 is 18.6. The molecule has 0 atom stereocenters. The fourth-order valence-electron chi connectivity index (χ4n) is 1.61. The molecule has 0 bridgehead atoms. The molecule has 19 heavy (non-hydrogen) atoms. The highest BCUT2D eigenvalue weighted by molar-refractivity contribution is 6.31. The lowest BCUT2D eigenvalue weighted by Gasteiger charge is -2.17. The highest BCUT2D eigenvalue weighted by atomic mass is 35.5. The van der Waals surface area contributed by atoms with E-state index in [0.717, 1.165) is 0 Å². The van der Waals surface area contributed by atoms with E-state index in [2.05, 4.69) is 0 Å². The van der Waals surface area contributed by atoms with Crippen LogP contribution in [-0.4, -0.2) is 17.9 Å². The normalized spacial score (nSPS) is 10.5. The molecule has 0 aliphatic rings. The molecule has 6 heteroatoms. The van der Waals surface area contributed by atoms with Crippen LogP contribution in [0.15, 0.2) is 34.7 Å². The van der Waals surface area contributed by atoms with Gasteiger partial charge >= 0.3 is 0 Å². The lowest BCUT2D eigenvalue weighted by Crippen LogP contribution is -2.26. The number of rotatable bonds is 3. The molecule has 0 unspecified atom stereocenters. The average Bonchev–Trinajstić information content (AvgIpc) is 2.79. The van der Waals surface area contributed by atoms with Gasteiger partial charge in [0, 0.05) is 17.6 Å². The Hall–Kier alpha value is -1.52. The molecule has 0 saturated carbocycles. The molecule has 1 heterocycles. The molecule has 1 amide bonds. The smallest absolute Gasteiger partial charge is 0.289 e. The largest absolute Gasteiger partial charge is 0.440 e. The molecule has 0 spiro atoms. The molecule has 0 aliphatic carbocycles. The first-order valence-corrected chi connectivity index (χ1v) is 6.18. The lowest BCUT2D eigenvalue weighted by molar-refractivity contribution is 0.0752. The van der Waals surface area contributed by atoms with Crippen molar-refractivity contribution in [1.82, 2.24) is 4.90 Å². The van der Waals surface area contributed by atoms with Gasteiger partial charge in [-0.05, 0) is 35.9 Å². The fourth-order valence-corrected chi connectivity index (χ4v) is 1.98. The summed E-state index contributed by atoms with van der Waals surface area (Å²) >= 11 is 11.5. The molecule has 0 aliphatic heterocycles. The third kappa shape index (κ3) is 3.08. The van der Waals surface area contributed by atoms with Gasteiger partial charge in [-0.1, -0.05) is 17.7 Å². The standard InChI is InChI=1S/C13H10Cl2FNO2/c1-17(13(18)11-5-6-12(15)19-11)7-8-9(14)3-2-4-10(8)16/h2-6H,7H2,1H3. The molecule has 3 nitrogen and oxygen atoms in total. The van der Waals surface area contributed by atoms with Gasteiger partial charge in [0.05, 0.1) is 6.54 Å². The van der Waals surface area contributed by atoms with E-state index in [4.69, 9.17) is 27.6 Å².